The second-order valence-electron chi connectivity index (χ2n) is 16.4. The molecule has 0 spiro atoms. The Hall–Kier alpha value is -4.54. The molecular weight excluding hydrogens is 876 g/mol. The number of carbonyl (C=O) groups is 3. The van der Waals surface area contributed by atoms with Crippen LogP contribution >= 0.6 is 22.6 Å². The van der Waals surface area contributed by atoms with Crippen LogP contribution in [0.15, 0.2) is 114 Å². The molecule has 2 saturated heterocycles. The van der Waals surface area contributed by atoms with Crippen molar-refractivity contribution in [2.45, 2.75) is 57.5 Å². The van der Waals surface area contributed by atoms with E-state index in [0.717, 1.165) is 45.3 Å². The van der Waals surface area contributed by atoms with E-state index in [1.165, 1.54) is 7.11 Å². The molecule has 0 bridgehead atoms. The van der Waals surface area contributed by atoms with Gasteiger partial charge in [-0.3, -0.25) is 9.59 Å². The van der Waals surface area contributed by atoms with Crippen LogP contribution < -0.4 is 15.1 Å². The number of nitrogens with zero attached hydrogens (tertiary/aromatic N) is 1. The summed E-state index contributed by atoms with van der Waals surface area (Å²) >= 11 is 2.08. The van der Waals surface area contributed by atoms with E-state index in [4.69, 9.17) is 18.6 Å². The summed E-state index contributed by atoms with van der Waals surface area (Å²) in [6.45, 7) is 6.77. The maximum Gasteiger partial charge on any atom is 0.455 e. The monoisotopic (exact) mass is 925 g/mol. The van der Waals surface area contributed by atoms with E-state index in [1.807, 2.05) is 72.8 Å². The Bertz CT molecular complexity index is 2220. The average molecular weight is 926 g/mol. The van der Waals surface area contributed by atoms with Crippen molar-refractivity contribution in [2.24, 2.45) is 17.8 Å². The molecule has 59 heavy (non-hydrogen) atoms. The molecule has 4 aromatic carbocycles. The van der Waals surface area contributed by atoms with Crippen molar-refractivity contribution >= 4 is 78.0 Å². The molecule has 13 heteroatoms. The average Bonchev–Trinajstić information content (AvgIpc) is 3.49. The molecule has 1 aliphatic carbocycles. The molecule has 7 rings (SSSR count). The van der Waals surface area contributed by atoms with Gasteiger partial charge in [-0.1, -0.05) is 118 Å². The maximum absolute atomic E-state index is 14.1. The van der Waals surface area contributed by atoms with Crippen LogP contribution in [0.4, 0.5) is 4.79 Å². The standard InChI is InChI=1S/C46H49BINO9Si/c1-46(2,3)59(33-17-11-7-12-18-33,34-19-13-8-14-20-34)57-28-32-26-35-41(44(52)49(43(35)51)45(53)56-5)36-27-47(54)58-38(40(32)36)22-21-31(30-15-9-6-10-16-30)23-29-24-37(48)42(50)39(25-29)55-4/h6-20,23-25,35-36,38,41,50,54H,21-22,26-28H2,1-5H3/b31-23-/t35-,36+,38-,41-/m1/s1. The lowest BCUT2D eigenvalue weighted by Gasteiger charge is -2.46. The predicted octanol–water partition coefficient (Wildman–Crippen LogP) is 7.47. The van der Waals surface area contributed by atoms with Gasteiger partial charge in [0.1, 0.15) is 0 Å². The lowest BCUT2D eigenvalue weighted by atomic mass is 9.58. The summed E-state index contributed by atoms with van der Waals surface area (Å²) in [6.07, 6.45) is 1.62. The molecule has 2 aliphatic heterocycles. The normalized spacial score (nSPS) is 21.0. The first-order chi connectivity index (χ1) is 28.3. The van der Waals surface area contributed by atoms with Gasteiger partial charge in [0.15, 0.2) is 11.5 Å². The number of hydrogen-bond donors (Lipinski definition) is 2. The molecule has 4 aromatic rings. The van der Waals surface area contributed by atoms with Crippen LogP contribution in [-0.2, 0) is 23.4 Å². The van der Waals surface area contributed by atoms with Gasteiger partial charge < -0.3 is 28.7 Å². The fourth-order valence-electron chi connectivity index (χ4n) is 9.40. The van der Waals surface area contributed by atoms with Crippen LogP contribution in [-0.4, -0.2) is 75.3 Å². The molecule has 306 valence electrons. The zero-order valence-corrected chi connectivity index (χ0v) is 37.0. The van der Waals surface area contributed by atoms with E-state index < -0.39 is 57.2 Å². The highest BCUT2D eigenvalue weighted by atomic mass is 127. The molecule has 2 N–H and O–H groups in total. The number of fused-ring (bicyclic) bond motifs is 3. The summed E-state index contributed by atoms with van der Waals surface area (Å²) in [5, 5.41) is 23.8. The van der Waals surface area contributed by atoms with Gasteiger partial charge in [-0.25, -0.2) is 4.79 Å². The van der Waals surface area contributed by atoms with Crippen molar-refractivity contribution in [2.75, 3.05) is 20.8 Å². The minimum absolute atomic E-state index is 0.0724. The second-order valence-corrected chi connectivity index (χ2v) is 21.8. The third kappa shape index (κ3) is 8.19. The third-order valence-electron chi connectivity index (χ3n) is 12.0. The highest BCUT2D eigenvalue weighted by Gasteiger charge is 2.60. The Morgan fingerprint density at radius 1 is 0.932 bits per heavy atom. The van der Waals surface area contributed by atoms with Crippen molar-refractivity contribution in [3.63, 3.8) is 0 Å². The number of likely N-dealkylation sites (tertiary alicyclic amines) is 1. The summed E-state index contributed by atoms with van der Waals surface area (Å²) in [5.74, 6) is -3.06. The van der Waals surface area contributed by atoms with E-state index in [2.05, 4.69) is 73.7 Å². The number of phenols is 1. The zero-order chi connectivity index (χ0) is 42.1. The number of imide groups is 3. The van der Waals surface area contributed by atoms with Gasteiger partial charge in [-0.05, 0) is 109 Å². The smallest absolute Gasteiger partial charge is 0.455 e. The number of ether oxygens (including phenoxy) is 2. The van der Waals surface area contributed by atoms with E-state index in [9.17, 15) is 24.5 Å². The van der Waals surface area contributed by atoms with Gasteiger partial charge >= 0.3 is 13.2 Å². The van der Waals surface area contributed by atoms with Crippen molar-refractivity contribution in [1.29, 1.82) is 0 Å². The Balaban J connectivity index is 1.33. The number of amides is 3. The summed E-state index contributed by atoms with van der Waals surface area (Å²) in [4.78, 5) is 41.6. The Morgan fingerprint density at radius 3 is 2.12 bits per heavy atom. The molecule has 2 heterocycles. The summed E-state index contributed by atoms with van der Waals surface area (Å²) in [6, 6.07) is 34.3. The molecule has 0 aromatic heterocycles. The van der Waals surface area contributed by atoms with Gasteiger partial charge in [-0.2, -0.15) is 4.90 Å². The molecule has 3 aliphatic rings. The lowest BCUT2D eigenvalue weighted by Crippen LogP contribution is -2.66. The Morgan fingerprint density at radius 2 is 1.54 bits per heavy atom. The fraction of sp³-hybridized carbons (Fsp3) is 0.326. The molecule has 4 atom stereocenters. The highest BCUT2D eigenvalue weighted by Crippen LogP contribution is 2.51. The Kier molecular flexibility index (Phi) is 12.7. The van der Waals surface area contributed by atoms with Crippen molar-refractivity contribution in [1.82, 2.24) is 4.90 Å². The first-order valence-electron chi connectivity index (χ1n) is 19.9. The Labute approximate surface area is 360 Å². The van der Waals surface area contributed by atoms with E-state index in [0.29, 0.717) is 27.1 Å². The van der Waals surface area contributed by atoms with Crippen LogP contribution in [0.5, 0.6) is 11.5 Å². The number of methoxy groups -OCH3 is 2. The number of benzene rings is 4. The summed E-state index contributed by atoms with van der Waals surface area (Å²) in [7, 11) is -1.61. The number of carbonyl (C=O) groups excluding carboxylic acids is 3. The van der Waals surface area contributed by atoms with Crippen LogP contribution in [0.2, 0.25) is 11.4 Å². The summed E-state index contributed by atoms with van der Waals surface area (Å²) in [5.41, 5.74) is 4.49. The molecule has 0 saturated carbocycles. The second kappa shape index (κ2) is 17.6. The zero-order valence-electron chi connectivity index (χ0n) is 33.9. The van der Waals surface area contributed by atoms with Gasteiger partial charge in [0.2, 0.25) is 11.8 Å². The van der Waals surface area contributed by atoms with Gasteiger partial charge in [0.05, 0.1) is 42.3 Å². The number of halogens is 1. The highest BCUT2D eigenvalue weighted by molar-refractivity contribution is 14.1. The summed E-state index contributed by atoms with van der Waals surface area (Å²) < 4.78 is 24.9. The van der Waals surface area contributed by atoms with E-state index in [1.54, 1.807) is 6.07 Å². The maximum atomic E-state index is 14.1. The van der Waals surface area contributed by atoms with Crippen molar-refractivity contribution in [3.8, 4) is 11.5 Å². The molecule has 10 nitrogen and oxygen atoms in total. The SMILES string of the molecule is COC(=O)N1C(=O)[C@@H]2[C@@H](CC(CO[Si](c3ccccc3)(c3ccccc3)C(C)(C)C)=C3[C@@H](CC/C(=C/c4cc(I)c(O)c(OC)c4)c4ccccc4)OB(O)C[C@@H]32)C1=O. The molecule has 2 fully saturated rings. The molecular formula is C46H49BINO9Si. The van der Waals surface area contributed by atoms with Crippen molar-refractivity contribution < 1.29 is 43.1 Å². The van der Waals surface area contributed by atoms with E-state index >= 15 is 0 Å². The van der Waals surface area contributed by atoms with Gasteiger partial charge in [-0.15, -0.1) is 0 Å². The quantitative estimate of drug-likeness (QED) is 0.0518. The number of aromatic hydroxyl groups is 1. The van der Waals surface area contributed by atoms with Crippen LogP contribution in [0, 0.1) is 21.3 Å². The third-order valence-corrected chi connectivity index (χ3v) is 17.8. The minimum Gasteiger partial charge on any atom is -0.504 e. The first kappa shape index (κ1) is 42.6. The van der Waals surface area contributed by atoms with Crippen LogP contribution in [0.1, 0.15) is 51.2 Å². The van der Waals surface area contributed by atoms with Crippen molar-refractivity contribution in [3.05, 3.63) is 129 Å². The van der Waals surface area contributed by atoms with Crippen LogP contribution in [0.3, 0.4) is 0 Å². The first-order valence-corrected chi connectivity index (χ1v) is 22.9. The number of allylic oxidation sites excluding steroid dienone is 1. The van der Waals surface area contributed by atoms with Gasteiger partial charge in [0, 0.05) is 0 Å². The topological polar surface area (TPSA) is 132 Å². The molecule has 0 unspecified atom stereocenters. The minimum atomic E-state index is -3.07. The largest absolute Gasteiger partial charge is 0.504 e. The molecule has 0 radical (unpaired) electrons. The fourth-order valence-corrected chi connectivity index (χ4v) is 14.6. The molecule has 3 amide bonds. The number of hydrogen-bond acceptors (Lipinski definition) is 9. The van der Waals surface area contributed by atoms with Crippen LogP contribution in [0.25, 0.3) is 11.6 Å². The number of phenolic OH excluding ortho intramolecular Hbond substituents is 1. The number of rotatable bonds is 11. The van der Waals surface area contributed by atoms with E-state index in [-0.39, 0.29) is 30.1 Å². The predicted molar refractivity (Wildman–Crippen MR) is 239 cm³/mol. The van der Waals surface area contributed by atoms with Gasteiger partial charge in [0.25, 0.3) is 8.32 Å². The lowest BCUT2D eigenvalue weighted by molar-refractivity contribution is -0.137.